The molecule has 0 unspecified atom stereocenters. The van der Waals surface area contributed by atoms with E-state index in [0.717, 1.165) is 12.1 Å². The zero-order valence-electron chi connectivity index (χ0n) is 12.2. The molecule has 5 nitrogen and oxygen atoms in total. The molecule has 23 heavy (non-hydrogen) atoms. The molecular weight excluding hydrogens is 309 g/mol. The predicted octanol–water partition coefficient (Wildman–Crippen LogP) is 3.43. The van der Waals surface area contributed by atoms with Crippen molar-refractivity contribution in [2.75, 3.05) is 5.32 Å². The summed E-state index contributed by atoms with van der Waals surface area (Å²) >= 11 is 0. The summed E-state index contributed by atoms with van der Waals surface area (Å²) in [6.45, 7) is 1.71. The summed E-state index contributed by atoms with van der Waals surface area (Å²) in [4.78, 5) is 4.11. The first kappa shape index (κ1) is 16.5. The number of nitrogens with two attached hydrogens (primary N) is 2. The second-order valence-corrected chi connectivity index (χ2v) is 4.77. The lowest BCUT2D eigenvalue weighted by Crippen LogP contribution is -2.09. The van der Waals surface area contributed by atoms with E-state index in [0.29, 0.717) is 17.0 Å². The smallest absolute Gasteiger partial charge is 0.416 e. The third kappa shape index (κ3) is 4.53. The number of oxazole rings is 1. The van der Waals surface area contributed by atoms with E-state index in [-0.39, 0.29) is 11.8 Å². The minimum Gasteiger partial charge on any atom is -0.431 e. The third-order valence-electron chi connectivity index (χ3n) is 2.79. The molecule has 1 aromatic heterocycles. The molecule has 5 N–H and O–H groups in total. The highest BCUT2D eigenvalue weighted by Crippen LogP contribution is 2.31. The van der Waals surface area contributed by atoms with Crippen molar-refractivity contribution >= 4 is 6.01 Å². The van der Waals surface area contributed by atoms with Crippen LogP contribution in [0.25, 0.3) is 11.3 Å². The molecule has 0 saturated heterocycles. The number of rotatable bonds is 4. The number of alkyl halides is 3. The second kappa shape index (κ2) is 6.47. The van der Waals surface area contributed by atoms with Gasteiger partial charge in [0.05, 0.1) is 5.56 Å². The standard InChI is InChI=1S/C15H15F3N4O/c1-9(19)2-7-13(20)22-14-21-12(8-23-14)10-3-5-11(6-4-10)15(16,17)18/h2-8H,19-20H2,1H3,(H,21,22)/b9-2-,13-7+. The average Bonchev–Trinajstić information content (AvgIpc) is 2.93. The maximum atomic E-state index is 12.5. The van der Waals surface area contributed by atoms with Crippen LogP contribution in [0.1, 0.15) is 12.5 Å². The van der Waals surface area contributed by atoms with Crippen LogP contribution in [0.4, 0.5) is 19.2 Å². The summed E-state index contributed by atoms with van der Waals surface area (Å²) in [5.41, 5.74) is 11.9. The molecule has 0 bridgehead atoms. The largest absolute Gasteiger partial charge is 0.431 e. The SMILES string of the molecule is C/C(N)=C/C=C(\N)Nc1nc(-c2ccc(C(F)(F)F)cc2)co1. The van der Waals surface area contributed by atoms with Crippen molar-refractivity contribution in [3.63, 3.8) is 0 Å². The molecule has 0 spiro atoms. The Kier molecular flexibility index (Phi) is 4.63. The number of allylic oxidation sites excluding steroid dienone is 3. The van der Waals surface area contributed by atoms with Crippen molar-refractivity contribution in [2.24, 2.45) is 11.5 Å². The Hall–Kier alpha value is -2.90. The van der Waals surface area contributed by atoms with Crippen LogP contribution < -0.4 is 16.8 Å². The zero-order valence-corrected chi connectivity index (χ0v) is 12.2. The number of nitrogens with one attached hydrogen (secondary N) is 1. The predicted molar refractivity (Wildman–Crippen MR) is 80.8 cm³/mol. The summed E-state index contributed by atoms with van der Waals surface area (Å²) < 4.78 is 42.7. The number of nitrogens with zero attached hydrogens (tertiary/aromatic N) is 1. The van der Waals surface area contributed by atoms with E-state index in [1.807, 2.05) is 0 Å². The van der Waals surface area contributed by atoms with Gasteiger partial charge >= 0.3 is 12.2 Å². The highest BCUT2D eigenvalue weighted by molar-refractivity contribution is 5.60. The molecule has 0 aliphatic heterocycles. The van der Waals surface area contributed by atoms with E-state index < -0.39 is 11.7 Å². The number of halogens is 3. The van der Waals surface area contributed by atoms with Crippen LogP contribution >= 0.6 is 0 Å². The van der Waals surface area contributed by atoms with Crippen LogP contribution in [0.5, 0.6) is 0 Å². The molecule has 8 heteroatoms. The van der Waals surface area contributed by atoms with E-state index in [4.69, 9.17) is 15.9 Å². The van der Waals surface area contributed by atoms with E-state index in [2.05, 4.69) is 10.3 Å². The lowest BCUT2D eigenvalue weighted by Gasteiger charge is -2.06. The normalized spacial score (nSPS) is 13.2. The van der Waals surface area contributed by atoms with Gasteiger partial charge in [-0.2, -0.15) is 18.2 Å². The van der Waals surface area contributed by atoms with Crippen molar-refractivity contribution in [3.05, 3.63) is 59.8 Å². The molecule has 122 valence electrons. The Labute approximate surface area is 130 Å². The quantitative estimate of drug-likeness (QED) is 0.750. The van der Waals surface area contributed by atoms with E-state index >= 15 is 0 Å². The lowest BCUT2D eigenvalue weighted by atomic mass is 10.1. The first-order chi connectivity index (χ1) is 10.8. The van der Waals surface area contributed by atoms with E-state index in [1.54, 1.807) is 13.0 Å². The summed E-state index contributed by atoms with van der Waals surface area (Å²) in [7, 11) is 0. The van der Waals surface area contributed by atoms with Crippen molar-refractivity contribution in [1.29, 1.82) is 0 Å². The van der Waals surface area contributed by atoms with Gasteiger partial charge in [-0.1, -0.05) is 12.1 Å². The highest BCUT2D eigenvalue weighted by atomic mass is 19.4. The lowest BCUT2D eigenvalue weighted by molar-refractivity contribution is -0.137. The fraction of sp³-hybridized carbons (Fsp3) is 0.133. The topological polar surface area (TPSA) is 90.1 Å². The van der Waals surface area contributed by atoms with Gasteiger partial charge in [-0.25, -0.2) is 0 Å². The first-order valence-electron chi connectivity index (χ1n) is 6.55. The van der Waals surface area contributed by atoms with E-state index in [9.17, 15) is 13.2 Å². The van der Waals surface area contributed by atoms with Crippen LogP contribution in [-0.4, -0.2) is 4.98 Å². The third-order valence-corrected chi connectivity index (χ3v) is 2.79. The fourth-order valence-electron chi connectivity index (χ4n) is 1.68. The van der Waals surface area contributed by atoms with Gasteiger partial charge < -0.3 is 15.9 Å². The zero-order chi connectivity index (χ0) is 17.0. The maximum Gasteiger partial charge on any atom is 0.416 e. The molecular formula is C15H15F3N4O. The molecule has 1 aromatic carbocycles. The minimum atomic E-state index is -4.37. The summed E-state index contributed by atoms with van der Waals surface area (Å²) in [5.74, 6) is 0.260. The number of benzene rings is 1. The highest BCUT2D eigenvalue weighted by Gasteiger charge is 2.30. The van der Waals surface area contributed by atoms with Crippen LogP contribution in [0, 0.1) is 0 Å². The minimum absolute atomic E-state index is 0.122. The van der Waals surface area contributed by atoms with E-state index in [1.165, 1.54) is 24.5 Å². The van der Waals surface area contributed by atoms with Gasteiger partial charge in [0, 0.05) is 11.3 Å². The summed E-state index contributed by atoms with van der Waals surface area (Å²) in [6, 6.07) is 4.74. The molecule has 0 aliphatic carbocycles. The molecule has 1 heterocycles. The molecule has 2 aromatic rings. The molecule has 0 fully saturated rings. The Bertz CT molecular complexity index is 726. The van der Waals surface area contributed by atoms with Gasteiger partial charge in [0.15, 0.2) is 0 Å². The number of hydrogen-bond donors (Lipinski definition) is 3. The summed E-state index contributed by atoms with van der Waals surface area (Å²) in [6.07, 6.45) is 0.0879. The van der Waals surface area contributed by atoms with Crippen molar-refractivity contribution in [2.45, 2.75) is 13.1 Å². The number of anilines is 1. The first-order valence-corrected chi connectivity index (χ1v) is 6.55. The molecule has 0 radical (unpaired) electrons. The van der Waals surface area contributed by atoms with Gasteiger partial charge in [0.2, 0.25) is 0 Å². The van der Waals surface area contributed by atoms with Gasteiger partial charge in [-0.3, -0.25) is 5.32 Å². The van der Waals surface area contributed by atoms with Crippen LogP contribution in [0.3, 0.4) is 0 Å². The molecule has 0 atom stereocenters. The molecule has 0 aliphatic rings. The summed E-state index contributed by atoms with van der Waals surface area (Å²) in [5, 5.41) is 2.70. The van der Waals surface area contributed by atoms with Crippen LogP contribution in [0.2, 0.25) is 0 Å². The maximum absolute atomic E-state index is 12.5. The monoisotopic (exact) mass is 324 g/mol. The Morgan fingerprint density at radius 3 is 2.39 bits per heavy atom. The van der Waals surface area contributed by atoms with Gasteiger partial charge in [0.25, 0.3) is 0 Å². The van der Waals surface area contributed by atoms with Gasteiger partial charge in [-0.05, 0) is 31.2 Å². The second-order valence-electron chi connectivity index (χ2n) is 4.77. The molecule has 2 rings (SSSR count). The molecule has 0 amide bonds. The Morgan fingerprint density at radius 2 is 1.83 bits per heavy atom. The fourth-order valence-corrected chi connectivity index (χ4v) is 1.68. The molecule has 0 saturated carbocycles. The van der Waals surface area contributed by atoms with Gasteiger partial charge in [0.1, 0.15) is 17.8 Å². The Morgan fingerprint density at radius 1 is 1.17 bits per heavy atom. The van der Waals surface area contributed by atoms with Crippen molar-refractivity contribution in [1.82, 2.24) is 4.98 Å². The van der Waals surface area contributed by atoms with Crippen molar-refractivity contribution in [3.8, 4) is 11.3 Å². The number of aromatic nitrogens is 1. The van der Waals surface area contributed by atoms with Crippen LogP contribution in [-0.2, 0) is 6.18 Å². The van der Waals surface area contributed by atoms with Gasteiger partial charge in [-0.15, -0.1) is 0 Å². The number of hydrogen-bond acceptors (Lipinski definition) is 5. The average molecular weight is 324 g/mol. The Balaban J connectivity index is 2.13. The van der Waals surface area contributed by atoms with Crippen molar-refractivity contribution < 1.29 is 17.6 Å². The van der Waals surface area contributed by atoms with Crippen LogP contribution in [0.15, 0.2) is 58.6 Å².